The lowest BCUT2D eigenvalue weighted by Gasteiger charge is -2.21. The van der Waals surface area contributed by atoms with Gasteiger partial charge in [-0.3, -0.25) is 0 Å². The number of pyridine rings is 1. The lowest BCUT2D eigenvalue weighted by molar-refractivity contribution is -0.653. The molecule has 0 atom stereocenters. The molecule has 0 unspecified atom stereocenters. The monoisotopic (exact) mass is 318 g/mol. The van der Waals surface area contributed by atoms with Crippen molar-refractivity contribution in [1.29, 1.82) is 0 Å². The second-order valence-electron chi connectivity index (χ2n) is 7.13. The van der Waals surface area contributed by atoms with Crippen LogP contribution >= 0.6 is 0 Å². The number of nitrogens with zero attached hydrogens (tertiary/aromatic N) is 1. The van der Waals surface area contributed by atoms with Crippen LogP contribution in [0.4, 0.5) is 0 Å². The Morgan fingerprint density at radius 1 is 0.923 bits per heavy atom. The molecular weight excluding hydrogens is 302 g/mol. The minimum absolute atomic E-state index is 0.235. The maximum absolute atomic E-state index is 6.17. The van der Waals surface area contributed by atoms with Crippen molar-refractivity contribution in [3.8, 4) is 11.1 Å². The van der Waals surface area contributed by atoms with Crippen molar-refractivity contribution in [3.05, 3.63) is 59.4 Å². The zero-order valence-corrected chi connectivity index (χ0v) is 15.3. The Morgan fingerprint density at radius 2 is 1.58 bits per heavy atom. The van der Waals surface area contributed by atoms with Gasteiger partial charge < -0.3 is 0 Å². The van der Waals surface area contributed by atoms with Crippen LogP contribution in [0.2, 0.25) is 6.82 Å². The van der Waals surface area contributed by atoms with Crippen LogP contribution in [0.5, 0.6) is 0 Å². The summed E-state index contributed by atoms with van der Waals surface area (Å²) in [6, 6.07) is 14.6. The topological polar surface area (TPSA) is 3.88 Å². The summed E-state index contributed by atoms with van der Waals surface area (Å²) < 4.78 is 2.16. The van der Waals surface area contributed by atoms with Crippen molar-refractivity contribution in [2.75, 3.05) is 0 Å². The highest BCUT2D eigenvalue weighted by atomic mass is 14.9. The first-order chi connectivity index (χ1) is 12.3. The van der Waals surface area contributed by atoms with Crippen LogP contribution in [0, 0.1) is 0 Å². The van der Waals surface area contributed by atoms with Crippen LogP contribution in [-0.2, 0) is 7.05 Å². The van der Waals surface area contributed by atoms with E-state index in [0.717, 1.165) is 10.7 Å². The highest BCUT2D eigenvalue weighted by Crippen LogP contribution is 2.30. The van der Waals surface area contributed by atoms with E-state index in [1.807, 2.05) is 18.2 Å². The average molecular weight is 316 g/mol. The Labute approximate surface area is 165 Å². The maximum atomic E-state index is 6.17. The fourth-order valence-corrected chi connectivity index (χ4v) is 3.81. The molecule has 1 aromatic carbocycles. The molecule has 0 bridgehead atoms. The summed E-state index contributed by atoms with van der Waals surface area (Å²) in [6.45, 7) is 1.52. The van der Waals surface area contributed by atoms with Gasteiger partial charge in [0.2, 0.25) is 6.60 Å². The smallest absolute Gasteiger partial charge is 0.214 e. The Balaban J connectivity index is 1.96. The summed E-state index contributed by atoms with van der Waals surface area (Å²) in [7, 11) is 31.8. The van der Waals surface area contributed by atoms with Crippen molar-refractivity contribution in [1.82, 2.24) is 0 Å². The van der Waals surface area contributed by atoms with E-state index in [0.29, 0.717) is 6.60 Å². The minimum atomic E-state index is -0.685. The van der Waals surface area contributed by atoms with Gasteiger partial charge in [0.05, 0.1) is 13.0 Å². The third-order valence-corrected chi connectivity index (χ3v) is 5.28. The van der Waals surface area contributed by atoms with Gasteiger partial charge in [0.25, 0.3) is 0 Å². The number of aromatic nitrogens is 1. The normalized spacial score (nSPS) is 14.8. The van der Waals surface area contributed by atoms with Crippen molar-refractivity contribution in [2.24, 2.45) is 7.05 Å². The molecule has 0 aliphatic carbocycles. The van der Waals surface area contributed by atoms with E-state index in [1.165, 1.54) is 16.7 Å². The third-order valence-electron chi connectivity index (χ3n) is 5.28. The van der Waals surface area contributed by atoms with Gasteiger partial charge in [-0.2, -0.15) is 10.7 Å². The van der Waals surface area contributed by atoms with E-state index in [9.17, 15) is 0 Å². The Kier molecular flexibility index (Phi) is 5.84. The second kappa shape index (κ2) is 7.79. The van der Waals surface area contributed by atoms with E-state index in [2.05, 4.69) is 48.9 Å². The molecule has 0 N–H and O–H groups in total. The van der Waals surface area contributed by atoms with Gasteiger partial charge in [-0.25, -0.2) is 4.57 Å². The first kappa shape index (κ1) is 19.5. The number of aryl methyl sites for hydroxylation is 1. The Hall–Kier alpha value is -1.24. The maximum Gasteiger partial charge on any atom is 0.249 e. The largest absolute Gasteiger partial charge is 0.249 e. The Bertz CT molecular complexity index is 822. The van der Waals surface area contributed by atoms with Gasteiger partial charge in [0, 0.05) is 50.6 Å². The molecular formula is C15H14B10N+. The van der Waals surface area contributed by atoms with Crippen molar-refractivity contribution in [2.45, 2.75) is 6.82 Å². The molecule has 26 heavy (non-hydrogen) atoms. The van der Waals surface area contributed by atoms with E-state index in [-0.39, 0.29) is 6.60 Å². The first-order valence-electron chi connectivity index (χ1n) is 8.89. The van der Waals surface area contributed by atoms with Gasteiger partial charge >= 0.3 is 0 Å². The quantitative estimate of drug-likeness (QED) is 0.464. The summed E-state index contributed by atoms with van der Waals surface area (Å²) in [5.74, 6) is 0. The summed E-state index contributed by atoms with van der Waals surface area (Å²) in [6.07, 6.45) is 1.46. The van der Waals surface area contributed by atoms with E-state index < -0.39 is 19.4 Å². The van der Waals surface area contributed by atoms with Gasteiger partial charge in [0.15, 0.2) is 6.20 Å². The standard InChI is InChI=1S/C15H14B10N/c1-21-14(15(23(16)17)24(18)25(19)20)22(21)13-9-8-12(10-26(13)2)11-6-4-3-5-7-11/h3-10H,1-2H3/q+1/b15-14-. The zero-order valence-electron chi connectivity index (χ0n) is 15.3. The molecule has 3 rings (SSSR count). The predicted molar refractivity (Wildman–Crippen MR) is 123 cm³/mol. The zero-order chi connectivity index (χ0) is 19.0. The van der Waals surface area contributed by atoms with Crippen LogP contribution in [0.1, 0.15) is 0 Å². The first-order valence-corrected chi connectivity index (χ1v) is 8.89. The molecule has 1 nitrogen and oxygen atoms in total. The van der Waals surface area contributed by atoms with Crippen LogP contribution in [0.15, 0.2) is 59.4 Å². The van der Waals surface area contributed by atoms with Crippen LogP contribution < -0.4 is 10.2 Å². The fraction of sp³-hybridized carbons (Fsp3) is 0.133. The van der Waals surface area contributed by atoms with Gasteiger partial charge in [-0.15, -0.1) is 0 Å². The molecule has 108 valence electrons. The summed E-state index contributed by atoms with van der Waals surface area (Å²) in [5.41, 5.74) is 3.56. The van der Waals surface area contributed by atoms with Crippen molar-refractivity contribution in [3.63, 3.8) is 0 Å². The number of rotatable bonds is 5. The molecule has 0 amide bonds. The van der Waals surface area contributed by atoms with Gasteiger partial charge in [0.1, 0.15) is 19.2 Å². The van der Waals surface area contributed by atoms with E-state index >= 15 is 0 Å². The molecule has 0 saturated carbocycles. The van der Waals surface area contributed by atoms with Crippen molar-refractivity contribution < 1.29 is 4.57 Å². The number of benzene rings is 1. The molecule has 1 aliphatic rings. The number of hydrogen-bond donors (Lipinski definition) is 0. The van der Waals surface area contributed by atoms with Crippen LogP contribution in [0.3, 0.4) is 0 Å². The predicted octanol–water partition coefficient (Wildman–Crippen LogP) is -1.56. The molecule has 11 heteroatoms. The fourth-order valence-electron chi connectivity index (χ4n) is 3.81. The third kappa shape index (κ3) is 3.73. The summed E-state index contributed by atoms with van der Waals surface area (Å²) in [5, 5.41) is 1.95. The van der Waals surface area contributed by atoms with Gasteiger partial charge in [-0.05, 0) is 17.7 Å². The highest BCUT2D eigenvalue weighted by molar-refractivity contribution is 7.71. The minimum Gasteiger partial charge on any atom is -0.214 e. The molecule has 2 aromatic rings. The van der Waals surface area contributed by atoms with Crippen LogP contribution in [-0.4, -0.2) is 71.3 Å². The van der Waals surface area contributed by atoms with Crippen LogP contribution in [0.25, 0.3) is 11.1 Å². The summed E-state index contributed by atoms with van der Waals surface area (Å²) in [4.78, 5) is 0. The average Bonchev–Trinajstić information content (AvgIpc) is 3.25. The summed E-state index contributed by atoms with van der Waals surface area (Å²) >= 11 is 0. The molecule has 2 heterocycles. The Morgan fingerprint density at radius 3 is 2.12 bits per heavy atom. The molecule has 1 fully saturated rings. The van der Waals surface area contributed by atoms with E-state index in [1.54, 1.807) is 0 Å². The number of hydrogen-bond acceptors (Lipinski definition) is 0. The lowest BCUT2D eigenvalue weighted by atomic mass is 8.81. The van der Waals surface area contributed by atoms with E-state index in [4.69, 9.17) is 38.7 Å². The molecule has 10 radical (unpaired) electrons. The van der Waals surface area contributed by atoms with Gasteiger partial charge in [-0.1, -0.05) is 37.2 Å². The molecule has 0 spiro atoms. The van der Waals surface area contributed by atoms with Crippen molar-refractivity contribution >= 4 is 76.9 Å². The molecule has 1 saturated heterocycles. The second-order valence-corrected chi connectivity index (χ2v) is 7.13. The highest BCUT2D eigenvalue weighted by Gasteiger charge is 2.54. The SMILES string of the molecule is [B]B([B])B([B])/C(B([B])[B])=C1/B(C)B1c1ccc(-c2ccccc2)c[n+]1C. The molecule has 1 aliphatic heterocycles. The molecule has 1 aromatic heterocycles. The lowest BCUT2D eigenvalue weighted by Crippen LogP contribution is -2.51.